The number of hydrogen-bond acceptors (Lipinski definition) is 1. The summed E-state index contributed by atoms with van der Waals surface area (Å²) in [7, 11) is 0. The van der Waals surface area contributed by atoms with Gasteiger partial charge in [0, 0.05) is 18.8 Å². The lowest BCUT2D eigenvalue weighted by atomic mass is 10.2. The molecule has 0 atom stereocenters. The van der Waals surface area contributed by atoms with Crippen molar-refractivity contribution in [2.75, 3.05) is 19.0 Å². The monoisotopic (exact) mass is 243 g/mol. The Labute approximate surface area is 91.4 Å². The smallest absolute Gasteiger partial charge is 0.332 e. The van der Waals surface area contributed by atoms with Gasteiger partial charge in [0.05, 0.1) is 0 Å². The highest BCUT2D eigenvalue weighted by atomic mass is 35.5. The first-order valence-electron chi connectivity index (χ1n) is 4.83. The van der Waals surface area contributed by atoms with Crippen molar-refractivity contribution in [3.8, 4) is 0 Å². The van der Waals surface area contributed by atoms with E-state index in [1.165, 1.54) is 0 Å². The van der Waals surface area contributed by atoms with Crippen molar-refractivity contribution in [3.05, 3.63) is 0 Å². The van der Waals surface area contributed by atoms with E-state index in [1.807, 2.05) is 0 Å². The zero-order valence-electron chi connectivity index (χ0n) is 8.19. The molecule has 0 aliphatic heterocycles. The fourth-order valence-corrected chi connectivity index (χ4v) is 1.51. The van der Waals surface area contributed by atoms with Crippen LogP contribution in [0.3, 0.4) is 0 Å². The lowest BCUT2D eigenvalue weighted by Gasteiger charge is -2.22. The molecule has 1 fully saturated rings. The maximum Gasteiger partial charge on any atom is 0.406 e. The Balaban J connectivity index is 2.43. The maximum atomic E-state index is 12.1. The Kier molecular flexibility index (Phi) is 4.25. The van der Waals surface area contributed by atoms with Gasteiger partial charge in [-0.05, 0) is 18.8 Å². The minimum absolute atomic E-state index is 0.0342. The second-order valence-electron chi connectivity index (χ2n) is 3.77. The van der Waals surface area contributed by atoms with Gasteiger partial charge in [-0.3, -0.25) is 4.79 Å². The Morgan fingerprint density at radius 2 is 2.00 bits per heavy atom. The molecule has 1 aliphatic carbocycles. The molecule has 0 radical (unpaired) electrons. The van der Waals surface area contributed by atoms with Crippen molar-refractivity contribution >= 4 is 17.5 Å². The highest BCUT2D eigenvalue weighted by molar-refractivity contribution is 6.18. The first-order valence-corrected chi connectivity index (χ1v) is 5.36. The highest BCUT2D eigenvalue weighted by Gasteiger charge is 2.34. The molecule has 0 aromatic carbocycles. The molecule has 1 aliphatic rings. The Bertz CT molecular complexity index is 228. The maximum absolute atomic E-state index is 12.1. The molecule has 0 aromatic rings. The number of carbonyl (C=O) groups excluding carboxylic acids is 1. The van der Waals surface area contributed by atoms with Crippen molar-refractivity contribution in [1.82, 2.24) is 4.90 Å². The van der Waals surface area contributed by atoms with E-state index in [0.29, 0.717) is 5.92 Å². The van der Waals surface area contributed by atoms with Crippen LogP contribution in [0.5, 0.6) is 0 Å². The minimum atomic E-state index is -4.34. The van der Waals surface area contributed by atoms with E-state index in [1.54, 1.807) is 0 Å². The van der Waals surface area contributed by atoms with Crippen LogP contribution in [0.25, 0.3) is 0 Å². The molecular formula is C9H13ClF3NO. The number of hydrogen-bond donors (Lipinski definition) is 0. The third-order valence-corrected chi connectivity index (χ3v) is 2.41. The van der Waals surface area contributed by atoms with Crippen LogP contribution in [0.1, 0.15) is 19.3 Å². The summed E-state index contributed by atoms with van der Waals surface area (Å²) in [6.45, 7) is -1.22. The molecular weight excluding hydrogens is 231 g/mol. The van der Waals surface area contributed by atoms with Crippen molar-refractivity contribution < 1.29 is 18.0 Å². The molecule has 0 saturated heterocycles. The normalized spacial score (nSPS) is 16.5. The topological polar surface area (TPSA) is 20.3 Å². The average molecular weight is 244 g/mol. The number of halogens is 4. The summed E-state index contributed by atoms with van der Waals surface area (Å²) in [6, 6.07) is 0. The van der Waals surface area contributed by atoms with E-state index in [-0.39, 0.29) is 18.8 Å². The second kappa shape index (κ2) is 5.05. The number of amides is 1. The van der Waals surface area contributed by atoms with Gasteiger partial charge in [0.25, 0.3) is 0 Å². The molecule has 0 bridgehead atoms. The Hall–Kier alpha value is -0.450. The summed E-state index contributed by atoms with van der Waals surface area (Å²) in [5.41, 5.74) is 0. The van der Waals surface area contributed by atoms with Crippen molar-refractivity contribution in [3.63, 3.8) is 0 Å². The third kappa shape index (κ3) is 5.25. The molecule has 1 rings (SSSR count). The average Bonchev–Trinajstić information content (AvgIpc) is 2.85. The van der Waals surface area contributed by atoms with E-state index in [9.17, 15) is 18.0 Å². The lowest BCUT2D eigenvalue weighted by Crippen LogP contribution is -2.40. The van der Waals surface area contributed by atoms with Gasteiger partial charge in [-0.1, -0.05) is 0 Å². The first-order chi connectivity index (χ1) is 6.92. The SMILES string of the molecule is O=C(CC1CC1)N(CCCl)CC(F)(F)F. The van der Waals surface area contributed by atoms with E-state index < -0.39 is 18.6 Å². The number of rotatable bonds is 5. The molecule has 88 valence electrons. The number of alkyl halides is 4. The Morgan fingerprint density at radius 1 is 1.40 bits per heavy atom. The molecule has 0 unspecified atom stereocenters. The van der Waals surface area contributed by atoms with Gasteiger partial charge in [0.15, 0.2) is 0 Å². The molecule has 0 spiro atoms. The largest absolute Gasteiger partial charge is 0.406 e. The van der Waals surface area contributed by atoms with Gasteiger partial charge in [-0.25, -0.2) is 0 Å². The third-order valence-electron chi connectivity index (χ3n) is 2.24. The summed E-state index contributed by atoms with van der Waals surface area (Å²) in [5.74, 6) is -0.106. The minimum Gasteiger partial charge on any atom is -0.332 e. The summed E-state index contributed by atoms with van der Waals surface area (Å²) >= 11 is 5.36. The highest BCUT2D eigenvalue weighted by Crippen LogP contribution is 2.33. The summed E-state index contributed by atoms with van der Waals surface area (Å²) in [4.78, 5) is 12.2. The molecule has 6 heteroatoms. The van der Waals surface area contributed by atoms with Crippen LogP contribution >= 0.6 is 11.6 Å². The second-order valence-corrected chi connectivity index (χ2v) is 4.14. The quantitative estimate of drug-likeness (QED) is 0.679. The predicted molar refractivity (Wildman–Crippen MR) is 50.7 cm³/mol. The van der Waals surface area contributed by atoms with Crippen LogP contribution in [0.4, 0.5) is 13.2 Å². The van der Waals surface area contributed by atoms with Crippen molar-refractivity contribution in [2.24, 2.45) is 5.92 Å². The number of nitrogens with zero attached hydrogens (tertiary/aromatic N) is 1. The van der Waals surface area contributed by atoms with Gasteiger partial charge in [0.2, 0.25) is 5.91 Å². The van der Waals surface area contributed by atoms with Crippen LogP contribution in [0.2, 0.25) is 0 Å². The van der Waals surface area contributed by atoms with Gasteiger partial charge >= 0.3 is 6.18 Å². The van der Waals surface area contributed by atoms with E-state index in [2.05, 4.69) is 0 Å². The molecule has 0 aromatic heterocycles. The Morgan fingerprint density at radius 3 is 2.40 bits per heavy atom. The van der Waals surface area contributed by atoms with Gasteiger partial charge in [0.1, 0.15) is 6.54 Å². The van der Waals surface area contributed by atoms with Crippen LogP contribution < -0.4 is 0 Å². The lowest BCUT2D eigenvalue weighted by molar-refractivity contribution is -0.160. The zero-order chi connectivity index (χ0) is 11.5. The zero-order valence-corrected chi connectivity index (χ0v) is 8.94. The first kappa shape index (κ1) is 12.6. The fraction of sp³-hybridized carbons (Fsp3) is 0.889. The molecule has 15 heavy (non-hydrogen) atoms. The van der Waals surface area contributed by atoms with Crippen molar-refractivity contribution in [1.29, 1.82) is 0 Å². The molecule has 1 saturated carbocycles. The van der Waals surface area contributed by atoms with Gasteiger partial charge in [-0.2, -0.15) is 13.2 Å². The molecule has 0 heterocycles. The summed E-state index contributed by atoms with van der Waals surface area (Å²) in [6.07, 6.45) is -2.21. The fourth-order valence-electron chi connectivity index (χ4n) is 1.31. The van der Waals surface area contributed by atoms with Crippen LogP contribution in [0.15, 0.2) is 0 Å². The van der Waals surface area contributed by atoms with Crippen LogP contribution in [0, 0.1) is 5.92 Å². The summed E-state index contributed by atoms with van der Waals surface area (Å²) < 4.78 is 36.3. The van der Waals surface area contributed by atoms with Gasteiger partial charge < -0.3 is 4.90 Å². The molecule has 1 amide bonds. The number of carbonyl (C=O) groups is 1. The van der Waals surface area contributed by atoms with Crippen LogP contribution in [-0.2, 0) is 4.79 Å². The van der Waals surface area contributed by atoms with E-state index in [4.69, 9.17) is 11.6 Å². The molecule has 0 N–H and O–H groups in total. The molecule has 2 nitrogen and oxygen atoms in total. The standard InChI is InChI=1S/C9H13ClF3NO/c10-3-4-14(6-9(11,12)13)8(15)5-7-1-2-7/h7H,1-6H2. The summed E-state index contributed by atoms with van der Waals surface area (Å²) in [5, 5.41) is 0. The van der Waals surface area contributed by atoms with Crippen molar-refractivity contribution in [2.45, 2.75) is 25.4 Å². The van der Waals surface area contributed by atoms with E-state index in [0.717, 1.165) is 17.7 Å². The van der Waals surface area contributed by atoms with Crippen LogP contribution in [-0.4, -0.2) is 36.0 Å². The van der Waals surface area contributed by atoms with E-state index >= 15 is 0 Å². The predicted octanol–water partition coefficient (Wildman–Crippen LogP) is 2.42. The van der Waals surface area contributed by atoms with Gasteiger partial charge in [-0.15, -0.1) is 11.6 Å².